The Kier molecular flexibility index (Phi) is 3.66. The normalized spacial score (nSPS) is 18.4. The number of nitrogens with zero attached hydrogens (tertiary/aromatic N) is 2. The van der Waals surface area contributed by atoms with Crippen LogP contribution in [0.4, 0.5) is 0 Å². The highest BCUT2D eigenvalue weighted by Gasteiger charge is 2.39. The molecule has 1 aromatic rings. The maximum absolute atomic E-state index is 6.15. The van der Waals surface area contributed by atoms with Gasteiger partial charge in [0.25, 0.3) is 0 Å². The fourth-order valence-electron chi connectivity index (χ4n) is 2.34. The SMILES string of the molecule is Cn1cc(OC2(CCNC(C)(C)C)CCC2)cn1. The Morgan fingerprint density at radius 1 is 1.44 bits per heavy atom. The second-order valence-electron chi connectivity index (χ2n) is 6.42. The van der Waals surface area contributed by atoms with Crippen LogP contribution in [0.5, 0.6) is 5.75 Å². The third-order valence-corrected chi connectivity index (χ3v) is 3.52. The first-order valence-electron chi connectivity index (χ1n) is 6.81. The average molecular weight is 251 g/mol. The second kappa shape index (κ2) is 4.92. The summed E-state index contributed by atoms with van der Waals surface area (Å²) in [4.78, 5) is 0. The fourth-order valence-corrected chi connectivity index (χ4v) is 2.34. The molecule has 4 nitrogen and oxygen atoms in total. The van der Waals surface area contributed by atoms with Crippen molar-refractivity contribution in [1.29, 1.82) is 0 Å². The summed E-state index contributed by atoms with van der Waals surface area (Å²) in [6.07, 6.45) is 8.41. The van der Waals surface area contributed by atoms with Crippen molar-refractivity contribution in [2.24, 2.45) is 7.05 Å². The van der Waals surface area contributed by atoms with Crippen LogP contribution in [0.25, 0.3) is 0 Å². The van der Waals surface area contributed by atoms with Crippen molar-refractivity contribution in [3.8, 4) is 5.75 Å². The number of ether oxygens (including phenoxy) is 1. The predicted octanol–water partition coefficient (Wildman–Crippen LogP) is 2.50. The highest BCUT2D eigenvalue weighted by molar-refractivity contribution is 5.14. The zero-order chi connectivity index (χ0) is 13.2. The molecule has 0 aromatic carbocycles. The molecule has 1 fully saturated rings. The van der Waals surface area contributed by atoms with Gasteiger partial charge in [-0.25, -0.2) is 0 Å². The standard InChI is InChI=1S/C14H25N3O/c1-13(2,3)15-9-8-14(6-5-7-14)18-12-10-16-17(4)11-12/h10-11,15H,5-9H2,1-4H3. The van der Waals surface area contributed by atoms with E-state index in [1.165, 1.54) is 6.42 Å². The molecule has 102 valence electrons. The Labute approximate surface area is 110 Å². The molecule has 0 amide bonds. The molecule has 1 aromatic heterocycles. The van der Waals surface area contributed by atoms with Crippen LogP contribution in [0, 0.1) is 0 Å². The molecule has 0 spiro atoms. The van der Waals surface area contributed by atoms with Gasteiger partial charge in [0.05, 0.1) is 12.4 Å². The molecule has 0 atom stereocenters. The van der Waals surface area contributed by atoms with Crippen molar-refractivity contribution in [3.63, 3.8) is 0 Å². The Hall–Kier alpha value is -1.03. The number of hydrogen-bond donors (Lipinski definition) is 1. The second-order valence-corrected chi connectivity index (χ2v) is 6.42. The summed E-state index contributed by atoms with van der Waals surface area (Å²) in [5, 5.41) is 7.69. The minimum atomic E-state index is 0.0429. The molecule has 0 radical (unpaired) electrons. The first-order chi connectivity index (χ1) is 8.39. The van der Waals surface area contributed by atoms with E-state index in [4.69, 9.17) is 4.74 Å². The lowest BCUT2D eigenvalue weighted by molar-refractivity contribution is -0.0153. The van der Waals surface area contributed by atoms with Crippen molar-refractivity contribution in [3.05, 3.63) is 12.4 Å². The summed E-state index contributed by atoms with van der Waals surface area (Å²) in [6.45, 7) is 7.59. The van der Waals surface area contributed by atoms with E-state index in [9.17, 15) is 0 Å². The van der Waals surface area contributed by atoms with Crippen LogP contribution in [-0.4, -0.2) is 27.5 Å². The van der Waals surface area contributed by atoms with Crippen LogP contribution in [0.1, 0.15) is 46.5 Å². The molecule has 1 N–H and O–H groups in total. The van der Waals surface area contributed by atoms with Crippen LogP contribution >= 0.6 is 0 Å². The van der Waals surface area contributed by atoms with Gasteiger partial charge in [-0.05, 0) is 53.0 Å². The average Bonchev–Trinajstić information content (AvgIpc) is 2.58. The molecule has 2 rings (SSSR count). The molecule has 4 heteroatoms. The molecule has 1 aliphatic carbocycles. The van der Waals surface area contributed by atoms with E-state index in [1.54, 1.807) is 10.9 Å². The van der Waals surface area contributed by atoms with E-state index in [0.29, 0.717) is 0 Å². The summed E-state index contributed by atoms with van der Waals surface area (Å²) in [5.74, 6) is 0.896. The first-order valence-corrected chi connectivity index (χ1v) is 6.81. The fraction of sp³-hybridized carbons (Fsp3) is 0.786. The summed E-state index contributed by atoms with van der Waals surface area (Å²) >= 11 is 0. The van der Waals surface area contributed by atoms with Gasteiger partial charge >= 0.3 is 0 Å². The Balaban J connectivity index is 1.86. The number of rotatable bonds is 5. The van der Waals surface area contributed by atoms with Gasteiger partial charge in [0.1, 0.15) is 5.60 Å². The lowest BCUT2D eigenvalue weighted by atomic mass is 9.77. The lowest BCUT2D eigenvalue weighted by Gasteiger charge is -2.42. The predicted molar refractivity (Wildman–Crippen MR) is 72.8 cm³/mol. The van der Waals surface area contributed by atoms with Crippen molar-refractivity contribution >= 4 is 0 Å². The van der Waals surface area contributed by atoms with Gasteiger partial charge in [0.15, 0.2) is 5.75 Å². The van der Waals surface area contributed by atoms with E-state index in [2.05, 4.69) is 31.2 Å². The number of hydrogen-bond acceptors (Lipinski definition) is 3. The van der Waals surface area contributed by atoms with Crippen LogP contribution in [0.2, 0.25) is 0 Å². The van der Waals surface area contributed by atoms with E-state index in [-0.39, 0.29) is 11.1 Å². The van der Waals surface area contributed by atoms with E-state index >= 15 is 0 Å². The Morgan fingerprint density at radius 3 is 2.61 bits per heavy atom. The van der Waals surface area contributed by atoms with Gasteiger partial charge in [-0.1, -0.05) is 0 Å². The van der Waals surface area contributed by atoms with Crippen LogP contribution in [-0.2, 0) is 7.05 Å². The molecular weight excluding hydrogens is 226 g/mol. The monoisotopic (exact) mass is 251 g/mol. The lowest BCUT2D eigenvalue weighted by Crippen LogP contribution is -2.47. The van der Waals surface area contributed by atoms with E-state index in [1.807, 2.05) is 13.2 Å². The van der Waals surface area contributed by atoms with Gasteiger partial charge in [-0.2, -0.15) is 5.10 Å². The molecule has 0 bridgehead atoms. The molecular formula is C14H25N3O. The van der Waals surface area contributed by atoms with Gasteiger partial charge in [-0.3, -0.25) is 4.68 Å². The van der Waals surface area contributed by atoms with Crippen LogP contribution in [0.3, 0.4) is 0 Å². The van der Waals surface area contributed by atoms with Crippen molar-refractivity contribution in [2.75, 3.05) is 6.54 Å². The zero-order valence-electron chi connectivity index (χ0n) is 12.0. The molecule has 0 saturated heterocycles. The summed E-state index contributed by atoms with van der Waals surface area (Å²) in [6, 6.07) is 0. The molecule has 1 aliphatic rings. The topological polar surface area (TPSA) is 39.1 Å². The molecule has 1 heterocycles. The smallest absolute Gasteiger partial charge is 0.158 e. The van der Waals surface area contributed by atoms with Gasteiger partial charge in [-0.15, -0.1) is 0 Å². The molecule has 0 aliphatic heterocycles. The molecule has 1 saturated carbocycles. The highest BCUT2D eigenvalue weighted by Crippen LogP contribution is 2.39. The zero-order valence-corrected chi connectivity index (χ0v) is 12.0. The molecule has 0 unspecified atom stereocenters. The third-order valence-electron chi connectivity index (χ3n) is 3.52. The summed E-state index contributed by atoms with van der Waals surface area (Å²) in [5.41, 5.74) is 0.223. The quantitative estimate of drug-likeness (QED) is 0.874. The first kappa shape index (κ1) is 13.4. The Bertz CT molecular complexity index is 388. The minimum absolute atomic E-state index is 0.0429. The summed E-state index contributed by atoms with van der Waals surface area (Å²) in [7, 11) is 1.92. The van der Waals surface area contributed by atoms with Gasteiger partial charge in [0, 0.05) is 12.6 Å². The van der Waals surface area contributed by atoms with Gasteiger partial charge in [0.2, 0.25) is 0 Å². The minimum Gasteiger partial charge on any atom is -0.484 e. The van der Waals surface area contributed by atoms with Gasteiger partial charge < -0.3 is 10.1 Å². The highest BCUT2D eigenvalue weighted by atomic mass is 16.5. The van der Waals surface area contributed by atoms with Crippen molar-refractivity contribution < 1.29 is 4.74 Å². The molecule has 18 heavy (non-hydrogen) atoms. The number of aromatic nitrogens is 2. The van der Waals surface area contributed by atoms with Crippen LogP contribution in [0.15, 0.2) is 12.4 Å². The third kappa shape index (κ3) is 3.48. The Morgan fingerprint density at radius 2 is 2.17 bits per heavy atom. The maximum atomic E-state index is 6.15. The maximum Gasteiger partial charge on any atom is 0.158 e. The van der Waals surface area contributed by atoms with Crippen molar-refractivity contribution in [1.82, 2.24) is 15.1 Å². The van der Waals surface area contributed by atoms with E-state index < -0.39 is 0 Å². The van der Waals surface area contributed by atoms with E-state index in [0.717, 1.165) is 31.6 Å². The number of nitrogens with one attached hydrogen (secondary N) is 1. The largest absolute Gasteiger partial charge is 0.484 e. The number of aryl methyl sites for hydroxylation is 1. The summed E-state index contributed by atoms with van der Waals surface area (Å²) < 4.78 is 7.94. The van der Waals surface area contributed by atoms with Crippen molar-refractivity contribution in [2.45, 2.75) is 57.6 Å². The van der Waals surface area contributed by atoms with Crippen LogP contribution < -0.4 is 10.1 Å².